The number of primary amides is 1. The first-order chi connectivity index (χ1) is 9.38. The zero-order valence-corrected chi connectivity index (χ0v) is 11.3. The molecule has 0 spiro atoms. The van der Waals surface area contributed by atoms with E-state index in [0.29, 0.717) is 16.6 Å². The molecule has 1 aromatic heterocycles. The quantitative estimate of drug-likeness (QED) is 0.602. The monoisotopic (exact) mass is 275 g/mol. The average molecular weight is 275 g/mol. The Labute approximate surface area is 115 Å². The van der Waals surface area contributed by atoms with E-state index in [1.54, 1.807) is 18.2 Å². The summed E-state index contributed by atoms with van der Waals surface area (Å²) in [7, 11) is 0. The third-order valence-corrected chi connectivity index (χ3v) is 2.99. The summed E-state index contributed by atoms with van der Waals surface area (Å²) in [6.07, 6.45) is 0. The Bertz CT molecular complexity index is 707. The molecule has 0 bridgehead atoms. The predicted octanol–water partition coefficient (Wildman–Crippen LogP) is 0.427. The summed E-state index contributed by atoms with van der Waals surface area (Å²) in [6, 6.07) is 4.26. The Morgan fingerprint density at radius 3 is 2.70 bits per heavy atom. The fraction of sp³-hybridized carbons (Fsp3) is 0.308. The Morgan fingerprint density at radius 1 is 1.40 bits per heavy atom. The first kappa shape index (κ1) is 13.9. The molecule has 0 radical (unpaired) electrons. The summed E-state index contributed by atoms with van der Waals surface area (Å²) >= 11 is 0. The van der Waals surface area contributed by atoms with Gasteiger partial charge < -0.3 is 16.8 Å². The molecule has 1 heterocycles. The van der Waals surface area contributed by atoms with Gasteiger partial charge in [-0.3, -0.25) is 14.6 Å². The normalized spacial score (nSPS) is 12.6. The third-order valence-electron chi connectivity index (χ3n) is 2.99. The van der Waals surface area contributed by atoms with Gasteiger partial charge >= 0.3 is 0 Å². The van der Waals surface area contributed by atoms with Crippen LogP contribution in [-0.2, 0) is 4.79 Å². The van der Waals surface area contributed by atoms with E-state index in [9.17, 15) is 9.59 Å². The van der Waals surface area contributed by atoms with Crippen molar-refractivity contribution in [1.29, 1.82) is 0 Å². The van der Waals surface area contributed by atoms with E-state index in [-0.39, 0.29) is 17.4 Å². The lowest BCUT2D eigenvalue weighted by atomic mass is 10.0. The number of aromatic amines is 1. The zero-order valence-electron chi connectivity index (χ0n) is 11.3. The maximum absolute atomic E-state index is 12.0. The smallest absolute Gasteiger partial charge is 0.260 e. The van der Waals surface area contributed by atoms with Gasteiger partial charge in [0, 0.05) is 5.69 Å². The zero-order chi connectivity index (χ0) is 14.9. The van der Waals surface area contributed by atoms with Gasteiger partial charge in [-0.15, -0.1) is 0 Å². The number of carbonyl (C=O) groups is 1. The number of amides is 1. The maximum atomic E-state index is 12.0. The summed E-state index contributed by atoms with van der Waals surface area (Å²) in [6.45, 7) is 3.70. The molecule has 0 fully saturated rings. The van der Waals surface area contributed by atoms with Crippen LogP contribution in [0.3, 0.4) is 0 Å². The molecule has 2 aromatic rings. The van der Waals surface area contributed by atoms with Crippen LogP contribution in [0.5, 0.6) is 0 Å². The first-order valence-corrected chi connectivity index (χ1v) is 6.24. The standard InChI is InChI=1S/C13H17N5O2/c1-6(2)10(11(15)19)17-13-16-9-4-3-7(14)5-8(9)12(20)18-13/h3-6,10H,14H2,1-2H3,(H2,15,19)(H2,16,17,18,20). The molecule has 1 atom stereocenters. The second-order valence-electron chi connectivity index (χ2n) is 4.96. The van der Waals surface area contributed by atoms with Crippen molar-refractivity contribution in [2.75, 3.05) is 11.1 Å². The SMILES string of the molecule is CC(C)C(Nc1nc2ccc(N)cc2c(=O)[nH]1)C(N)=O. The van der Waals surface area contributed by atoms with Gasteiger partial charge in [0.1, 0.15) is 6.04 Å². The first-order valence-electron chi connectivity index (χ1n) is 6.24. The number of nitrogens with one attached hydrogen (secondary N) is 2. The fourth-order valence-corrected chi connectivity index (χ4v) is 1.94. The van der Waals surface area contributed by atoms with Crippen molar-refractivity contribution in [2.45, 2.75) is 19.9 Å². The topological polar surface area (TPSA) is 127 Å². The van der Waals surface area contributed by atoms with Crippen LogP contribution in [0.4, 0.5) is 11.6 Å². The molecular formula is C13H17N5O2. The van der Waals surface area contributed by atoms with Crippen molar-refractivity contribution in [3.8, 4) is 0 Å². The van der Waals surface area contributed by atoms with Crippen molar-refractivity contribution >= 4 is 28.4 Å². The minimum atomic E-state index is -0.607. The van der Waals surface area contributed by atoms with Gasteiger partial charge in [-0.05, 0) is 24.1 Å². The molecule has 0 aliphatic carbocycles. The molecule has 1 aromatic carbocycles. The molecule has 106 valence electrons. The Kier molecular flexibility index (Phi) is 3.60. The highest BCUT2D eigenvalue weighted by Crippen LogP contribution is 2.14. The lowest BCUT2D eigenvalue weighted by Gasteiger charge is -2.19. The maximum Gasteiger partial charge on any atom is 0.260 e. The molecule has 0 saturated heterocycles. The number of benzene rings is 1. The van der Waals surface area contributed by atoms with Gasteiger partial charge in [0.2, 0.25) is 11.9 Å². The molecule has 6 N–H and O–H groups in total. The molecule has 0 saturated carbocycles. The Balaban J connectivity index is 2.44. The minimum absolute atomic E-state index is 0.0279. The van der Waals surface area contributed by atoms with Gasteiger partial charge in [-0.2, -0.15) is 0 Å². The second kappa shape index (κ2) is 5.20. The predicted molar refractivity (Wildman–Crippen MR) is 78.2 cm³/mol. The second-order valence-corrected chi connectivity index (χ2v) is 4.96. The van der Waals surface area contributed by atoms with E-state index >= 15 is 0 Å². The van der Waals surface area contributed by atoms with Crippen LogP contribution in [-0.4, -0.2) is 21.9 Å². The van der Waals surface area contributed by atoms with Gasteiger partial charge in [-0.25, -0.2) is 4.98 Å². The van der Waals surface area contributed by atoms with Crippen molar-refractivity contribution in [2.24, 2.45) is 11.7 Å². The Morgan fingerprint density at radius 2 is 2.10 bits per heavy atom. The van der Waals surface area contributed by atoms with Crippen LogP contribution in [0.1, 0.15) is 13.8 Å². The number of H-pyrrole nitrogens is 1. The van der Waals surface area contributed by atoms with E-state index in [0.717, 1.165) is 0 Å². The molecule has 7 nitrogen and oxygen atoms in total. The number of fused-ring (bicyclic) bond motifs is 1. The van der Waals surface area contributed by atoms with Crippen LogP contribution in [0.2, 0.25) is 0 Å². The highest BCUT2D eigenvalue weighted by Gasteiger charge is 2.20. The summed E-state index contributed by atoms with van der Waals surface area (Å²) in [5.41, 5.74) is 11.6. The average Bonchev–Trinajstić information content (AvgIpc) is 2.36. The molecule has 2 rings (SSSR count). The van der Waals surface area contributed by atoms with Crippen LogP contribution in [0, 0.1) is 5.92 Å². The minimum Gasteiger partial charge on any atom is -0.399 e. The number of carbonyl (C=O) groups excluding carboxylic acids is 1. The fourth-order valence-electron chi connectivity index (χ4n) is 1.94. The van der Waals surface area contributed by atoms with Crippen LogP contribution < -0.4 is 22.3 Å². The molecular weight excluding hydrogens is 258 g/mol. The molecule has 20 heavy (non-hydrogen) atoms. The van der Waals surface area contributed by atoms with E-state index in [1.807, 2.05) is 13.8 Å². The highest BCUT2D eigenvalue weighted by molar-refractivity contribution is 5.84. The Hall–Kier alpha value is -2.57. The molecule has 1 amide bonds. The van der Waals surface area contributed by atoms with Gasteiger partial charge in [-0.1, -0.05) is 13.8 Å². The number of hydrogen-bond acceptors (Lipinski definition) is 5. The number of aromatic nitrogens is 2. The summed E-state index contributed by atoms with van der Waals surface area (Å²) in [5.74, 6) is -0.315. The third kappa shape index (κ3) is 2.71. The molecule has 7 heteroatoms. The van der Waals surface area contributed by atoms with Crippen molar-refractivity contribution in [1.82, 2.24) is 9.97 Å². The number of anilines is 2. The van der Waals surface area contributed by atoms with E-state index in [4.69, 9.17) is 11.5 Å². The molecule has 0 aliphatic heterocycles. The van der Waals surface area contributed by atoms with E-state index in [2.05, 4.69) is 15.3 Å². The van der Waals surface area contributed by atoms with Gasteiger partial charge in [0.05, 0.1) is 10.9 Å². The number of nitrogen functional groups attached to an aromatic ring is 1. The van der Waals surface area contributed by atoms with Crippen LogP contribution in [0.25, 0.3) is 10.9 Å². The summed E-state index contributed by atoms with van der Waals surface area (Å²) in [5, 5.41) is 3.25. The van der Waals surface area contributed by atoms with E-state index < -0.39 is 11.9 Å². The van der Waals surface area contributed by atoms with Crippen LogP contribution >= 0.6 is 0 Å². The lowest BCUT2D eigenvalue weighted by molar-refractivity contribution is -0.119. The lowest BCUT2D eigenvalue weighted by Crippen LogP contribution is -2.40. The largest absolute Gasteiger partial charge is 0.399 e. The highest BCUT2D eigenvalue weighted by atomic mass is 16.1. The number of nitrogens with two attached hydrogens (primary N) is 2. The van der Waals surface area contributed by atoms with Crippen molar-refractivity contribution < 1.29 is 4.79 Å². The van der Waals surface area contributed by atoms with Crippen LogP contribution in [0.15, 0.2) is 23.0 Å². The number of nitrogens with zero attached hydrogens (tertiary/aromatic N) is 1. The summed E-state index contributed by atoms with van der Waals surface area (Å²) < 4.78 is 0. The molecule has 1 unspecified atom stereocenters. The molecule has 0 aliphatic rings. The van der Waals surface area contributed by atoms with Gasteiger partial charge in [0.25, 0.3) is 5.56 Å². The number of hydrogen-bond donors (Lipinski definition) is 4. The van der Waals surface area contributed by atoms with Crippen molar-refractivity contribution in [3.05, 3.63) is 28.6 Å². The van der Waals surface area contributed by atoms with Crippen molar-refractivity contribution in [3.63, 3.8) is 0 Å². The van der Waals surface area contributed by atoms with Gasteiger partial charge in [0.15, 0.2) is 0 Å². The van der Waals surface area contributed by atoms with E-state index in [1.165, 1.54) is 0 Å². The number of rotatable bonds is 4. The summed E-state index contributed by atoms with van der Waals surface area (Å²) in [4.78, 5) is 30.2.